The topological polar surface area (TPSA) is 147 Å². The van der Waals surface area contributed by atoms with Gasteiger partial charge in [0.2, 0.25) is 0 Å². The Morgan fingerprint density at radius 3 is 2.71 bits per heavy atom. The second-order valence-electron chi connectivity index (χ2n) is 9.28. The maximum Gasteiger partial charge on any atom is 0.261 e. The number of nitriles is 1. The summed E-state index contributed by atoms with van der Waals surface area (Å²) in [5, 5.41) is 17.7. The van der Waals surface area contributed by atoms with Gasteiger partial charge in [-0.2, -0.15) is 21.0 Å². The largest absolute Gasteiger partial charge is 0.338 e. The van der Waals surface area contributed by atoms with Gasteiger partial charge in [-0.05, 0) is 55.5 Å². The minimum Gasteiger partial charge on any atom is -0.338 e. The number of fused-ring (bicyclic) bond motifs is 1. The number of carbonyl (C=O) groups excluding carboxylic acids is 1. The maximum absolute atomic E-state index is 13.0. The van der Waals surface area contributed by atoms with Gasteiger partial charge < -0.3 is 15.2 Å². The minimum absolute atomic E-state index is 0.0791. The molecule has 1 aromatic carbocycles. The number of amides is 1. The number of H-pyrrole nitrogens is 1. The molecule has 0 bridgehead atoms. The summed E-state index contributed by atoms with van der Waals surface area (Å²) in [5.74, 6) is 1.06. The number of aryl methyl sites for hydroxylation is 1. The molecule has 4 N–H and O–H groups in total. The van der Waals surface area contributed by atoms with Gasteiger partial charge in [0, 0.05) is 30.5 Å². The van der Waals surface area contributed by atoms with Crippen molar-refractivity contribution in [2.24, 2.45) is 5.92 Å². The van der Waals surface area contributed by atoms with Gasteiger partial charge in [-0.15, -0.1) is 0 Å². The fourth-order valence-electron chi connectivity index (χ4n) is 4.69. The van der Waals surface area contributed by atoms with E-state index >= 15 is 0 Å². The van der Waals surface area contributed by atoms with Crippen LogP contribution in [0.25, 0.3) is 10.9 Å². The van der Waals surface area contributed by atoms with E-state index in [4.69, 9.17) is 5.10 Å². The number of hydrogen-bond donors (Lipinski definition) is 4. The Hall–Kier alpha value is -3.33. The molecule has 35 heavy (non-hydrogen) atoms. The van der Waals surface area contributed by atoms with Gasteiger partial charge >= 0.3 is 0 Å². The third kappa shape index (κ3) is 4.65. The first kappa shape index (κ1) is 23.4. The summed E-state index contributed by atoms with van der Waals surface area (Å²) in [5.41, 5.74) is 2.41. The fourth-order valence-corrected chi connectivity index (χ4v) is 5.92. The normalized spacial score (nSPS) is 19.2. The number of rotatable bonds is 6. The predicted molar refractivity (Wildman–Crippen MR) is 135 cm³/mol. The fraction of sp³-hybridized carbons (Fsp3) is 0.417. The quantitative estimate of drug-likeness (QED) is 0.405. The first-order valence-electron chi connectivity index (χ1n) is 11.6. The highest BCUT2D eigenvalue weighted by molar-refractivity contribution is 8.24. The lowest BCUT2D eigenvalue weighted by Crippen LogP contribution is -2.42. The molecule has 1 aliphatic heterocycles. The molecule has 184 valence electrons. The molecule has 11 heteroatoms. The standard InChI is InChI=1S/C24H28N6O4S/c1-15-14-17(4-5-18(15)24(32)29-10-12-35(33,34)13-11-29)27-22-21-20(7-9-26-23(21)31)30(28-22)19(6-8-25)16-2-3-16/h4-5,7,9,14,16,19,33-34H,2-3,6,10-13H2,1H3,(H,26,31)(H,27,28). The molecule has 2 fully saturated rings. The molecule has 1 amide bonds. The van der Waals surface area contributed by atoms with Crippen LogP contribution in [0.4, 0.5) is 11.5 Å². The number of pyridine rings is 1. The van der Waals surface area contributed by atoms with Crippen LogP contribution in [-0.2, 0) is 0 Å². The van der Waals surface area contributed by atoms with Crippen LogP contribution in [-0.4, -0.2) is 59.3 Å². The van der Waals surface area contributed by atoms with Crippen molar-refractivity contribution in [3.05, 3.63) is 51.9 Å². The van der Waals surface area contributed by atoms with Crippen molar-refractivity contribution in [2.75, 3.05) is 29.9 Å². The average Bonchev–Trinajstić information content (AvgIpc) is 3.59. The lowest BCUT2D eigenvalue weighted by molar-refractivity contribution is 0.0767. The SMILES string of the molecule is Cc1cc(Nc2nn(C(CC#N)C3CC3)c3cc[nH]c(=O)c23)ccc1C(=O)N1CCS(O)(O)CC1. The highest BCUT2D eigenvalue weighted by Crippen LogP contribution is 2.43. The van der Waals surface area contributed by atoms with E-state index in [1.165, 1.54) is 0 Å². The lowest BCUT2D eigenvalue weighted by Gasteiger charge is -2.41. The van der Waals surface area contributed by atoms with E-state index < -0.39 is 10.6 Å². The van der Waals surface area contributed by atoms with Crippen LogP contribution in [0.1, 0.15) is 41.2 Å². The highest BCUT2D eigenvalue weighted by atomic mass is 32.3. The van der Waals surface area contributed by atoms with E-state index in [0.29, 0.717) is 53.4 Å². The van der Waals surface area contributed by atoms with Crippen molar-refractivity contribution in [3.63, 3.8) is 0 Å². The van der Waals surface area contributed by atoms with Gasteiger partial charge in [0.05, 0.1) is 35.6 Å². The molecule has 3 aromatic rings. The molecule has 1 saturated carbocycles. The van der Waals surface area contributed by atoms with E-state index in [0.717, 1.165) is 18.4 Å². The number of nitrogens with zero attached hydrogens (tertiary/aromatic N) is 4. The molecular weight excluding hydrogens is 468 g/mol. The summed E-state index contributed by atoms with van der Waals surface area (Å²) in [6, 6.07) is 9.32. The van der Waals surface area contributed by atoms with E-state index in [9.17, 15) is 24.0 Å². The van der Waals surface area contributed by atoms with Gasteiger partial charge in [-0.1, -0.05) is 0 Å². The van der Waals surface area contributed by atoms with Gasteiger partial charge in [-0.3, -0.25) is 23.4 Å². The van der Waals surface area contributed by atoms with Crippen molar-refractivity contribution in [3.8, 4) is 6.07 Å². The monoisotopic (exact) mass is 496 g/mol. The second kappa shape index (κ2) is 9.03. The van der Waals surface area contributed by atoms with Crippen molar-refractivity contribution in [1.29, 1.82) is 5.26 Å². The molecule has 1 unspecified atom stereocenters. The average molecular weight is 497 g/mol. The summed E-state index contributed by atoms with van der Waals surface area (Å²) in [7, 11) is -2.57. The van der Waals surface area contributed by atoms with Gasteiger partial charge in [0.25, 0.3) is 11.5 Å². The van der Waals surface area contributed by atoms with E-state index in [-0.39, 0.29) is 29.0 Å². The number of carbonyl (C=O) groups is 1. The zero-order chi connectivity index (χ0) is 24.7. The number of nitrogens with one attached hydrogen (secondary N) is 2. The van der Waals surface area contributed by atoms with Crippen LogP contribution in [0.5, 0.6) is 0 Å². The Morgan fingerprint density at radius 1 is 1.31 bits per heavy atom. The highest BCUT2D eigenvalue weighted by Gasteiger charge is 2.34. The minimum atomic E-state index is -2.57. The van der Waals surface area contributed by atoms with E-state index in [2.05, 4.69) is 16.4 Å². The Labute approximate surface area is 203 Å². The molecule has 2 aromatic heterocycles. The smallest absolute Gasteiger partial charge is 0.261 e. The van der Waals surface area contributed by atoms with Crippen molar-refractivity contribution >= 4 is 38.9 Å². The molecule has 0 radical (unpaired) electrons. The molecule has 0 spiro atoms. The number of aromatic amines is 1. The van der Waals surface area contributed by atoms with Crippen molar-refractivity contribution in [1.82, 2.24) is 19.7 Å². The van der Waals surface area contributed by atoms with Crippen LogP contribution in [0, 0.1) is 24.2 Å². The Bertz CT molecular complexity index is 1380. The van der Waals surface area contributed by atoms with Crippen molar-refractivity contribution in [2.45, 2.75) is 32.2 Å². The van der Waals surface area contributed by atoms with Crippen LogP contribution in [0.15, 0.2) is 35.3 Å². The van der Waals surface area contributed by atoms with Crippen LogP contribution in [0.2, 0.25) is 0 Å². The van der Waals surface area contributed by atoms with Crippen LogP contribution in [0.3, 0.4) is 0 Å². The van der Waals surface area contributed by atoms with E-state index in [1.54, 1.807) is 27.9 Å². The summed E-state index contributed by atoms with van der Waals surface area (Å²) in [6.07, 6.45) is 4.01. The molecular formula is C24H28N6O4S. The molecule has 10 nitrogen and oxygen atoms in total. The molecule has 1 saturated heterocycles. The van der Waals surface area contributed by atoms with Crippen LogP contribution < -0.4 is 10.9 Å². The van der Waals surface area contributed by atoms with E-state index in [1.807, 2.05) is 19.1 Å². The molecule has 3 heterocycles. The number of anilines is 2. The van der Waals surface area contributed by atoms with Gasteiger partial charge in [0.1, 0.15) is 5.39 Å². The van der Waals surface area contributed by atoms with Crippen molar-refractivity contribution < 1.29 is 13.9 Å². The molecule has 1 atom stereocenters. The second-order valence-corrected chi connectivity index (χ2v) is 11.7. The summed E-state index contributed by atoms with van der Waals surface area (Å²) < 4.78 is 21.4. The van der Waals surface area contributed by atoms with Crippen LogP contribution >= 0.6 is 10.6 Å². The maximum atomic E-state index is 13.0. The molecule has 1 aliphatic carbocycles. The summed E-state index contributed by atoms with van der Waals surface area (Å²) >= 11 is 0. The zero-order valence-electron chi connectivity index (χ0n) is 19.4. The number of aromatic nitrogens is 3. The summed E-state index contributed by atoms with van der Waals surface area (Å²) in [4.78, 5) is 30.1. The third-order valence-corrected chi connectivity index (χ3v) is 8.47. The lowest BCUT2D eigenvalue weighted by atomic mass is 10.1. The third-order valence-electron chi connectivity index (χ3n) is 6.79. The Kier molecular flexibility index (Phi) is 6.04. The predicted octanol–water partition coefficient (Wildman–Crippen LogP) is 3.85. The molecule has 5 rings (SSSR count). The first-order valence-corrected chi connectivity index (χ1v) is 13.5. The van der Waals surface area contributed by atoms with Gasteiger partial charge in [0.15, 0.2) is 5.82 Å². The Morgan fingerprint density at radius 2 is 2.06 bits per heavy atom. The number of hydrogen-bond acceptors (Lipinski definition) is 7. The number of benzene rings is 1. The molecule has 2 aliphatic rings. The van der Waals surface area contributed by atoms with Gasteiger partial charge in [-0.25, -0.2) is 0 Å². The first-order chi connectivity index (χ1) is 16.8. The zero-order valence-corrected chi connectivity index (χ0v) is 20.2. The summed E-state index contributed by atoms with van der Waals surface area (Å²) in [6.45, 7) is 2.48. The Balaban J connectivity index is 1.43.